The van der Waals surface area contributed by atoms with Gasteiger partial charge in [-0.2, -0.15) is 0 Å². The number of sulfonamides is 1. The molecule has 0 bridgehead atoms. The van der Waals surface area contributed by atoms with Crippen LogP contribution in [0.4, 0.5) is 14.5 Å². The average Bonchev–Trinajstić information content (AvgIpc) is 2.55. The Hall–Kier alpha value is -2.48. The Morgan fingerprint density at radius 3 is 2.42 bits per heavy atom. The van der Waals surface area contributed by atoms with Gasteiger partial charge in [0.05, 0.1) is 12.2 Å². The lowest BCUT2D eigenvalue weighted by Gasteiger charge is -2.09. The first-order chi connectivity index (χ1) is 11.3. The number of rotatable bonds is 6. The zero-order chi connectivity index (χ0) is 17.7. The van der Waals surface area contributed by atoms with E-state index in [2.05, 4.69) is 4.72 Å². The van der Waals surface area contributed by atoms with Crippen LogP contribution < -0.4 is 4.72 Å². The zero-order valence-corrected chi connectivity index (χ0v) is 13.6. The molecule has 1 N–H and O–H groups in total. The molecule has 0 saturated carbocycles. The molecular formula is C16H15F2NO4S. The molecule has 0 spiro atoms. The van der Waals surface area contributed by atoms with Gasteiger partial charge in [-0.25, -0.2) is 22.0 Å². The highest BCUT2D eigenvalue weighted by Gasteiger charge is 2.20. The van der Waals surface area contributed by atoms with Gasteiger partial charge in [-0.05, 0) is 48.9 Å². The van der Waals surface area contributed by atoms with Crippen molar-refractivity contribution in [3.05, 3.63) is 59.7 Å². The van der Waals surface area contributed by atoms with Crippen LogP contribution in [0.2, 0.25) is 0 Å². The van der Waals surface area contributed by atoms with E-state index < -0.39 is 32.5 Å². The van der Waals surface area contributed by atoms with E-state index in [1.54, 1.807) is 0 Å². The fourth-order valence-corrected chi connectivity index (χ4v) is 2.99. The smallest absolute Gasteiger partial charge is 0.338 e. The highest BCUT2D eigenvalue weighted by molar-refractivity contribution is 7.92. The summed E-state index contributed by atoms with van der Waals surface area (Å²) in [5, 5.41) is 0. The van der Waals surface area contributed by atoms with Crippen LogP contribution in [0.1, 0.15) is 23.7 Å². The predicted molar refractivity (Wildman–Crippen MR) is 84.2 cm³/mol. The molecule has 5 nitrogen and oxygen atoms in total. The van der Waals surface area contributed by atoms with Crippen LogP contribution >= 0.6 is 0 Å². The van der Waals surface area contributed by atoms with E-state index in [9.17, 15) is 22.0 Å². The van der Waals surface area contributed by atoms with Gasteiger partial charge in [-0.15, -0.1) is 0 Å². The van der Waals surface area contributed by atoms with Gasteiger partial charge in [-0.3, -0.25) is 4.72 Å². The fraction of sp³-hybridized carbons (Fsp3) is 0.188. The molecule has 0 aliphatic heterocycles. The summed E-state index contributed by atoms with van der Waals surface area (Å²) < 4.78 is 58.1. The number of carbonyl (C=O) groups excluding carboxylic acids is 1. The largest absolute Gasteiger partial charge is 0.462 e. The second-order valence-corrected chi connectivity index (χ2v) is 6.54. The molecule has 0 atom stereocenters. The first-order valence-electron chi connectivity index (χ1n) is 7.08. The number of ether oxygens (including phenoxy) is 1. The van der Waals surface area contributed by atoms with Crippen molar-refractivity contribution in [2.45, 2.75) is 18.2 Å². The molecule has 0 saturated heterocycles. The van der Waals surface area contributed by atoms with Crippen molar-refractivity contribution in [3.63, 3.8) is 0 Å². The van der Waals surface area contributed by atoms with E-state index in [4.69, 9.17) is 4.74 Å². The van der Waals surface area contributed by atoms with Gasteiger partial charge in [-0.1, -0.05) is 6.92 Å². The fourth-order valence-electron chi connectivity index (χ4n) is 1.85. The summed E-state index contributed by atoms with van der Waals surface area (Å²) in [6, 6.07) is 7.56. The van der Waals surface area contributed by atoms with Gasteiger partial charge in [0.15, 0.2) is 0 Å². The van der Waals surface area contributed by atoms with Crippen molar-refractivity contribution in [3.8, 4) is 0 Å². The molecule has 0 aliphatic carbocycles. The third-order valence-electron chi connectivity index (χ3n) is 2.99. The molecule has 0 aromatic heterocycles. The van der Waals surface area contributed by atoms with Crippen molar-refractivity contribution in [1.82, 2.24) is 0 Å². The van der Waals surface area contributed by atoms with E-state index >= 15 is 0 Å². The summed E-state index contributed by atoms with van der Waals surface area (Å²) in [6.45, 7) is 2.14. The van der Waals surface area contributed by atoms with Crippen LogP contribution in [-0.2, 0) is 14.8 Å². The van der Waals surface area contributed by atoms with E-state index in [-0.39, 0.29) is 17.9 Å². The maximum Gasteiger partial charge on any atom is 0.338 e. The second kappa shape index (κ2) is 7.39. The molecule has 2 aromatic rings. The van der Waals surface area contributed by atoms with Gasteiger partial charge in [0.25, 0.3) is 10.0 Å². The van der Waals surface area contributed by atoms with E-state index in [1.165, 1.54) is 24.3 Å². The second-order valence-electron chi connectivity index (χ2n) is 4.89. The van der Waals surface area contributed by atoms with Crippen molar-refractivity contribution >= 4 is 21.7 Å². The lowest BCUT2D eigenvalue weighted by atomic mass is 10.2. The molecule has 0 unspecified atom stereocenters. The molecule has 0 heterocycles. The number of esters is 1. The maximum absolute atomic E-state index is 13.6. The topological polar surface area (TPSA) is 72.5 Å². The molecule has 0 fully saturated rings. The van der Waals surface area contributed by atoms with Crippen LogP contribution in [0.3, 0.4) is 0 Å². The number of hydrogen-bond acceptors (Lipinski definition) is 4. The first-order valence-corrected chi connectivity index (χ1v) is 8.57. The Labute approximate surface area is 138 Å². The Bertz CT molecular complexity index is 836. The number of benzene rings is 2. The van der Waals surface area contributed by atoms with Gasteiger partial charge in [0, 0.05) is 5.69 Å². The number of anilines is 1. The van der Waals surface area contributed by atoms with Crippen LogP contribution in [0, 0.1) is 11.6 Å². The average molecular weight is 355 g/mol. The van der Waals surface area contributed by atoms with Gasteiger partial charge < -0.3 is 4.74 Å². The molecule has 2 rings (SSSR count). The summed E-state index contributed by atoms with van der Waals surface area (Å²) in [5.74, 6) is -2.46. The van der Waals surface area contributed by atoms with E-state index in [0.717, 1.165) is 12.1 Å². The summed E-state index contributed by atoms with van der Waals surface area (Å²) >= 11 is 0. The highest BCUT2D eigenvalue weighted by atomic mass is 32.2. The summed E-state index contributed by atoms with van der Waals surface area (Å²) in [7, 11) is -4.29. The minimum absolute atomic E-state index is 0.103. The Kier molecular flexibility index (Phi) is 5.50. The maximum atomic E-state index is 13.6. The molecule has 24 heavy (non-hydrogen) atoms. The standard InChI is InChI=1S/C16H15F2NO4S/c1-2-9-23-16(20)11-3-6-13(7-4-11)19-24(21,22)15-10-12(17)5-8-14(15)18/h3-8,10,19H,2,9H2,1H3. The third kappa shape index (κ3) is 4.29. The van der Waals surface area contributed by atoms with Gasteiger partial charge >= 0.3 is 5.97 Å². The van der Waals surface area contributed by atoms with E-state index in [0.29, 0.717) is 12.5 Å². The lowest BCUT2D eigenvalue weighted by Crippen LogP contribution is -2.15. The monoisotopic (exact) mass is 355 g/mol. The minimum atomic E-state index is -4.29. The molecule has 128 valence electrons. The summed E-state index contributed by atoms with van der Waals surface area (Å²) in [5.41, 5.74) is 0.356. The Balaban J connectivity index is 2.18. The van der Waals surface area contributed by atoms with E-state index in [1.807, 2.05) is 6.92 Å². The SMILES string of the molecule is CCCOC(=O)c1ccc(NS(=O)(=O)c2cc(F)ccc2F)cc1. The van der Waals surface area contributed by atoms with Gasteiger partial charge in [0.1, 0.15) is 16.5 Å². The summed E-state index contributed by atoms with van der Waals surface area (Å²) in [6.07, 6.45) is 0.683. The van der Waals surface area contributed by atoms with Gasteiger partial charge in [0.2, 0.25) is 0 Å². The molecule has 0 amide bonds. The normalized spacial score (nSPS) is 11.1. The first kappa shape index (κ1) is 17.9. The zero-order valence-electron chi connectivity index (χ0n) is 12.8. The van der Waals surface area contributed by atoms with Crippen molar-refractivity contribution in [1.29, 1.82) is 0 Å². The Morgan fingerprint density at radius 1 is 1.12 bits per heavy atom. The molecular weight excluding hydrogens is 340 g/mol. The lowest BCUT2D eigenvalue weighted by molar-refractivity contribution is 0.0505. The quantitative estimate of drug-likeness (QED) is 0.807. The number of nitrogens with one attached hydrogen (secondary N) is 1. The van der Waals surface area contributed by atoms with Crippen LogP contribution in [0.5, 0.6) is 0 Å². The number of carbonyl (C=O) groups is 1. The van der Waals surface area contributed by atoms with Crippen LogP contribution in [0.25, 0.3) is 0 Å². The minimum Gasteiger partial charge on any atom is -0.462 e. The molecule has 0 radical (unpaired) electrons. The highest BCUT2D eigenvalue weighted by Crippen LogP contribution is 2.20. The van der Waals surface area contributed by atoms with Crippen LogP contribution in [0.15, 0.2) is 47.4 Å². The van der Waals surface area contributed by atoms with Crippen molar-refractivity contribution in [2.75, 3.05) is 11.3 Å². The predicted octanol–water partition coefficient (Wildman–Crippen LogP) is 3.33. The molecule has 0 aliphatic rings. The molecule has 8 heteroatoms. The van der Waals surface area contributed by atoms with Crippen LogP contribution in [-0.4, -0.2) is 21.0 Å². The van der Waals surface area contributed by atoms with Crippen molar-refractivity contribution < 1.29 is 26.7 Å². The third-order valence-corrected chi connectivity index (χ3v) is 4.39. The van der Waals surface area contributed by atoms with Crippen molar-refractivity contribution in [2.24, 2.45) is 0 Å². The number of halogens is 2. The molecule has 2 aromatic carbocycles. The number of hydrogen-bond donors (Lipinski definition) is 1. The summed E-state index contributed by atoms with van der Waals surface area (Å²) in [4.78, 5) is 10.9. The Morgan fingerprint density at radius 2 is 1.79 bits per heavy atom.